The topological polar surface area (TPSA) is 96.9 Å². The highest BCUT2D eigenvalue weighted by Gasteiger charge is 2.07. The zero-order chi connectivity index (χ0) is 19.8. The van der Waals surface area contributed by atoms with Gasteiger partial charge in [-0.3, -0.25) is 14.4 Å². The molecule has 0 aliphatic heterocycles. The fraction of sp³-hybridized carbons (Fsp3) is 0.158. The molecule has 8 heteroatoms. The third-order valence-corrected chi connectivity index (χ3v) is 3.84. The molecule has 2 N–H and O–H groups in total. The third kappa shape index (κ3) is 6.34. The lowest BCUT2D eigenvalue weighted by Crippen LogP contribution is -2.18. The molecule has 0 saturated heterocycles. The van der Waals surface area contributed by atoms with Crippen LogP contribution in [0.3, 0.4) is 0 Å². The number of hydrogen-bond acceptors (Lipinski definition) is 5. The van der Waals surface area contributed by atoms with E-state index < -0.39 is 11.9 Å². The lowest BCUT2D eigenvalue weighted by Gasteiger charge is -2.06. The summed E-state index contributed by atoms with van der Waals surface area (Å²) in [4.78, 5) is 34.7. The number of benzene rings is 2. The average molecular weight is 432 g/mol. The first kappa shape index (κ1) is 20.3. The van der Waals surface area contributed by atoms with Gasteiger partial charge in [0.15, 0.2) is 0 Å². The van der Waals surface area contributed by atoms with Gasteiger partial charge in [-0.15, -0.1) is 0 Å². The van der Waals surface area contributed by atoms with Crippen molar-refractivity contribution in [2.75, 3.05) is 5.32 Å². The van der Waals surface area contributed by atoms with Crippen molar-refractivity contribution in [3.05, 3.63) is 58.1 Å². The Kier molecular flexibility index (Phi) is 7.25. The number of esters is 1. The summed E-state index contributed by atoms with van der Waals surface area (Å²) in [7, 11) is 0. The Balaban J connectivity index is 2.04. The van der Waals surface area contributed by atoms with Crippen LogP contribution in [0.15, 0.2) is 52.0 Å². The lowest BCUT2D eigenvalue weighted by molar-refractivity contribution is -0.131. The van der Waals surface area contributed by atoms with Crippen molar-refractivity contribution in [3.63, 3.8) is 0 Å². The molecule has 2 aromatic carbocycles. The normalized spacial score (nSPS) is 10.5. The van der Waals surface area contributed by atoms with Crippen LogP contribution < -0.4 is 15.5 Å². The van der Waals surface area contributed by atoms with Crippen LogP contribution in [0.25, 0.3) is 0 Å². The van der Waals surface area contributed by atoms with E-state index in [1.807, 2.05) is 0 Å². The van der Waals surface area contributed by atoms with Gasteiger partial charge in [0.25, 0.3) is 5.91 Å². The van der Waals surface area contributed by atoms with E-state index in [2.05, 4.69) is 31.8 Å². The smallest absolute Gasteiger partial charge is 0.308 e. The molecular formula is C19H18BrN3O4. The maximum absolute atomic E-state index is 12.1. The van der Waals surface area contributed by atoms with E-state index in [0.29, 0.717) is 29.0 Å². The predicted octanol–water partition coefficient (Wildman–Crippen LogP) is 3.49. The Morgan fingerprint density at radius 1 is 1.15 bits per heavy atom. The molecule has 27 heavy (non-hydrogen) atoms. The predicted molar refractivity (Wildman–Crippen MR) is 106 cm³/mol. The summed E-state index contributed by atoms with van der Waals surface area (Å²) in [5.74, 6) is -0.635. The van der Waals surface area contributed by atoms with Crippen molar-refractivity contribution in [2.24, 2.45) is 5.10 Å². The number of nitrogens with zero attached hydrogens (tertiary/aromatic N) is 1. The molecule has 0 aromatic heterocycles. The monoisotopic (exact) mass is 431 g/mol. The Bertz CT molecular complexity index is 879. The Hall–Kier alpha value is -3.00. The van der Waals surface area contributed by atoms with Crippen LogP contribution >= 0.6 is 15.9 Å². The van der Waals surface area contributed by atoms with E-state index >= 15 is 0 Å². The van der Waals surface area contributed by atoms with Crippen LogP contribution in [0.4, 0.5) is 5.69 Å². The lowest BCUT2D eigenvalue weighted by atomic mass is 10.2. The van der Waals surface area contributed by atoms with E-state index in [-0.39, 0.29) is 5.91 Å². The van der Waals surface area contributed by atoms with Gasteiger partial charge in [-0.25, -0.2) is 5.43 Å². The maximum Gasteiger partial charge on any atom is 0.308 e. The van der Waals surface area contributed by atoms with Crippen molar-refractivity contribution in [1.29, 1.82) is 0 Å². The van der Waals surface area contributed by atoms with Crippen LogP contribution in [-0.2, 0) is 9.59 Å². The summed E-state index contributed by atoms with van der Waals surface area (Å²) in [5.41, 5.74) is 3.93. The number of rotatable bonds is 6. The number of nitrogens with one attached hydrogen (secondary N) is 2. The van der Waals surface area contributed by atoms with Gasteiger partial charge in [-0.1, -0.05) is 22.9 Å². The van der Waals surface area contributed by atoms with Crippen molar-refractivity contribution >= 4 is 45.6 Å². The average Bonchev–Trinajstić information content (AvgIpc) is 2.64. The second kappa shape index (κ2) is 9.63. The van der Waals surface area contributed by atoms with Gasteiger partial charge in [0, 0.05) is 34.6 Å². The highest BCUT2D eigenvalue weighted by Crippen LogP contribution is 2.22. The number of halogens is 1. The van der Waals surface area contributed by atoms with Crippen LogP contribution in [0.1, 0.15) is 36.2 Å². The second-order valence-electron chi connectivity index (χ2n) is 5.45. The highest BCUT2D eigenvalue weighted by molar-refractivity contribution is 9.10. The molecule has 2 aromatic rings. The number of carbonyl (C=O) groups is 3. The van der Waals surface area contributed by atoms with Crippen molar-refractivity contribution in [2.45, 2.75) is 20.3 Å². The zero-order valence-corrected chi connectivity index (χ0v) is 16.4. The number of hydrazone groups is 1. The largest absolute Gasteiger partial charge is 0.426 e. The summed E-state index contributed by atoms with van der Waals surface area (Å²) in [6.45, 7) is 3.06. The van der Waals surface area contributed by atoms with Gasteiger partial charge in [0.2, 0.25) is 5.91 Å². The molecular weight excluding hydrogens is 414 g/mol. The van der Waals surface area contributed by atoms with Gasteiger partial charge >= 0.3 is 5.97 Å². The number of anilines is 1. The molecule has 0 atom stereocenters. The Morgan fingerprint density at radius 3 is 2.48 bits per heavy atom. The summed E-state index contributed by atoms with van der Waals surface area (Å²) in [5, 5.41) is 6.61. The standard InChI is InChI=1S/C19H18BrN3O4/c1-3-18(25)22-16-7-4-13(5-8-16)19(26)23-21-11-14-10-15(20)6-9-17(14)27-12(2)24/h4-11H,3H2,1-2H3,(H,22,25)(H,23,26)/b21-11+. The fourth-order valence-corrected chi connectivity index (χ4v) is 2.43. The molecule has 0 spiro atoms. The Labute approximate surface area is 164 Å². The number of carbonyl (C=O) groups excluding carboxylic acids is 3. The molecule has 0 aliphatic carbocycles. The summed E-state index contributed by atoms with van der Waals surface area (Å²) in [6, 6.07) is 11.5. The minimum Gasteiger partial charge on any atom is -0.426 e. The molecule has 2 rings (SSSR count). The minimum atomic E-state index is -0.453. The van der Waals surface area contributed by atoms with E-state index in [0.717, 1.165) is 4.47 Å². The molecule has 2 amide bonds. The molecule has 140 valence electrons. The van der Waals surface area contributed by atoms with Crippen molar-refractivity contribution in [1.82, 2.24) is 5.43 Å². The molecule has 0 fully saturated rings. The maximum atomic E-state index is 12.1. The first-order valence-corrected chi connectivity index (χ1v) is 8.89. The second-order valence-corrected chi connectivity index (χ2v) is 6.37. The van der Waals surface area contributed by atoms with Gasteiger partial charge < -0.3 is 10.1 Å². The van der Waals surface area contributed by atoms with Gasteiger partial charge in [0.1, 0.15) is 5.75 Å². The van der Waals surface area contributed by atoms with Gasteiger partial charge in [-0.05, 0) is 42.5 Å². The van der Waals surface area contributed by atoms with Crippen LogP contribution in [0.5, 0.6) is 5.75 Å². The zero-order valence-electron chi connectivity index (χ0n) is 14.8. The first-order chi connectivity index (χ1) is 12.9. The number of ether oxygens (including phenoxy) is 1. The highest BCUT2D eigenvalue weighted by atomic mass is 79.9. The summed E-state index contributed by atoms with van der Waals surface area (Å²) in [6.07, 6.45) is 1.76. The van der Waals surface area contributed by atoms with E-state index in [1.165, 1.54) is 13.1 Å². The molecule has 0 radical (unpaired) electrons. The quantitative estimate of drug-likeness (QED) is 0.316. The van der Waals surface area contributed by atoms with E-state index in [9.17, 15) is 14.4 Å². The van der Waals surface area contributed by atoms with Crippen LogP contribution in [-0.4, -0.2) is 24.0 Å². The fourth-order valence-electron chi connectivity index (χ4n) is 2.05. The van der Waals surface area contributed by atoms with Crippen molar-refractivity contribution < 1.29 is 19.1 Å². The summed E-state index contributed by atoms with van der Waals surface area (Å²) < 4.78 is 5.87. The summed E-state index contributed by atoms with van der Waals surface area (Å²) >= 11 is 3.33. The van der Waals surface area contributed by atoms with E-state index in [4.69, 9.17) is 4.74 Å². The minimum absolute atomic E-state index is 0.102. The van der Waals surface area contributed by atoms with Crippen molar-refractivity contribution in [3.8, 4) is 5.75 Å². The molecule has 0 bridgehead atoms. The van der Waals surface area contributed by atoms with Gasteiger partial charge in [-0.2, -0.15) is 5.10 Å². The number of hydrogen-bond donors (Lipinski definition) is 2. The first-order valence-electron chi connectivity index (χ1n) is 8.10. The van der Waals surface area contributed by atoms with E-state index in [1.54, 1.807) is 49.4 Å². The molecule has 7 nitrogen and oxygen atoms in total. The Morgan fingerprint density at radius 2 is 1.85 bits per heavy atom. The van der Waals surface area contributed by atoms with Crippen LogP contribution in [0, 0.1) is 0 Å². The van der Waals surface area contributed by atoms with Crippen LogP contribution in [0.2, 0.25) is 0 Å². The third-order valence-electron chi connectivity index (χ3n) is 3.35. The molecule has 0 heterocycles. The molecule has 0 unspecified atom stereocenters. The van der Waals surface area contributed by atoms with Gasteiger partial charge in [0.05, 0.1) is 6.21 Å². The molecule has 0 saturated carbocycles. The SMILES string of the molecule is CCC(=O)Nc1ccc(C(=O)N/N=C/c2cc(Br)ccc2OC(C)=O)cc1. The number of amides is 2. The molecule has 0 aliphatic rings.